The lowest BCUT2D eigenvalue weighted by Gasteiger charge is -2.09. The van der Waals surface area contributed by atoms with Crippen LogP contribution >= 0.6 is 11.8 Å². The fourth-order valence-electron chi connectivity index (χ4n) is 1.35. The number of carbonyl (C=O) groups excluding carboxylic acids is 1. The molecule has 0 saturated heterocycles. The van der Waals surface area contributed by atoms with E-state index in [1.165, 1.54) is 11.8 Å². The molecule has 1 aromatic rings. The van der Waals surface area contributed by atoms with Gasteiger partial charge in [-0.2, -0.15) is 0 Å². The Hall–Kier alpha value is -1.04. The molecule has 1 unspecified atom stereocenters. The van der Waals surface area contributed by atoms with Crippen molar-refractivity contribution in [2.24, 2.45) is 0 Å². The normalized spacial score (nSPS) is 12.2. The molecule has 0 aliphatic rings. The van der Waals surface area contributed by atoms with Gasteiger partial charge in [0.25, 0.3) is 0 Å². The molecule has 0 fully saturated rings. The van der Waals surface area contributed by atoms with Crippen molar-refractivity contribution < 1.29 is 19.7 Å². The second-order valence-corrected chi connectivity index (χ2v) is 4.87. The van der Waals surface area contributed by atoms with E-state index >= 15 is 0 Å². The van der Waals surface area contributed by atoms with Crippen LogP contribution in [0.3, 0.4) is 0 Å². The summed E-state index contributed by atoms with van der Waals surface area (Å²) in [4.78, 5) is 12.1. The molecule has 0 heterocycles. The Balaban J connectivity index is 2.32. The molecule has 0 bridgehead atoms. The maximum absolute atomic E-state index is 11.1. The third-order valence-electron chi connectivity index (χ3n) is 2.26. The number of esters is 1. The second-order valence-electron chi connectivity index (χ2n) is 3.78. The van der Waals surface area contributed by atoms with Crippen LogP contribution in [0.4, 0.5) is 0 Å². The summed E-state index contributed by atoms with van der Waals surface area (Å²) in [6, 6.07) is 7.43. The van der Waals surface area contributed by atoms with Crippen LogP contribution in [0.1, 0.15) is 18.9 Å². The van der Waals surface area contributed by atoms with Crippen LogP contribution in [0.25, 0.3) is 0 Å². The Morgan fingerprint density at radius 1 is 1.39 bits per heavy atom. The SMILES string of the molecule is CCOC(=O)CC(O)CSc1ccc(CO)cc1. The Bertz CT molecular complexity index is 364. The average Bonchev–Trinajstić information content (AvgIpc) is 2.37. The van der Waals surface area contributed by atoms with E-state index in [9.17, 15) is 9.90 Å². The first-order valence-electron chi connectivity index (χ1n) is 5.82. The minimum absolute atomic E-state index is 0.0234. The van der Waals surface area contributed by atoms with Gasteiger partial charge in [0.15, 0.2) is 0 Å². The molecule has 1 rings (SSSR count). The van der Waals surface area contributed by atoms with Crippen molar-refractivity contribution in [2.75, 3.05) is 12.4 Å². The van der Waals surface area contributed by atoms with Gasteiger partial charge in [0.05, 0.1) is 25.7 Å². The first kappa shape index (κ1) is 15.0. The first-order valence-corrected chi connectivity index (χ1v) is 6.80. The Morgan fingerprint density at radius 2 is 2.06 bits per heavy atom. The largest absolute Gasteiger partial charge is 0.466 e. The van der Waals surface area contributed by atoms with Crippen molar-refractivity contribution in [3.05, 3.63) is 29.8 Å². The number of hydrogen-bond donors (Lipinski definition) is 2. The number of aliphatic hydroxyl groups excluding tert-OH is 2. The van der Waals surface area contributed by atoms with Crippen LogP contribution in [0.5, 0.6) is 0 Å². The predicted octanol–water partition coefficient (Wildman–Crippen LogP) is 1.59. The van der Waals surface area contributed by atoms with Crippen LogP contribution in [0.2, 0.25) is 0 Å². The zero-order valence-electron chi connectivity index (χ0n) is 10.3. The fraction of sp³-hybridized carbons (Fsp3) is 0.462. The highest BCUT2D eigenvalue weighted by molar-refractivity contribution is 7.99. The molecule has 0 aliphatic carbocycles. The van der Waals surface area contributed by atoms with E-state index in [4.69, 9.17) is 9.84 Å². The number of carbonyl (C=O) groups is 1. The van der Waals surface area contributed by atoms with Gasteiger partial charge < -0.3 is 14.9 Å². The van der Waals surface area contributed by atoms with Gasteiger partial charge in [-0.3, -0.25) is 4.79 Å². The number of benzene rings is 1. The summed E-state index contributed by atoms with van der Waals surface area (Å²) in [7, 11) is 0. The van der Waals surface area contributed by atoms with Gasteiger partial charge in [0.2, 0.25) is 0 Å². The lowest BCUT2D eigenvalue weighted by atomic mass is 10.2. The maximum Gasteiger partial charge on any atom is 0.308 e. The zero-order valence-corrected chi connectivity index (χ0v) is 11.2. The number of thioether (sulfide) groups is 1. The molecule has 1 aromatic carbocycles. The minimum atomic E-state index is -0.702. The van der Waals surface area contributed by atoms with Crippen molar-refractivity contribution in [1.82, 2.24) is 0 Å². The number of aliphatic hydroxyl groups is 2. The molecular formula is C13H18O4S. The van der Waals surface area contributed by atoms with Gasteiger partial charge in [-0.1, -0.05) is 12.1 Å². The number of rotatable bonds is 7. The van der Waals surface area contributed by atoms with Crippen molar-refractivity contribution in [1.29, 1.82) is 0 Å². The van der Waals surface area contributed by atoms with Crippen molar-refractivity contribution >= 4 is 17.7 Å². The second kappa shape index (κ2) is 8.13. The molecule has 1 atom stereocenters. The summed E-state index contributed by atoms with van der Waals surface area (Å²) in [5.74, 6) is 0.0679. The first-order chi connectivity index (χ1) is 8.65. The van der Waals surface area contributed by atoms with E-state index in [2.05, 4.69) is 0 Å². The molecule has 0 aromatic heterocycles. The number of hydrogen-bond acceptors (Lipinski definition) is 5. The Labute approximate surface area is 111 Å². The molecule has 5 heteroatoms. The average molecular weight is 270 g/mol. The van der Waals surface area contributed by atoms with Gasteiger partial charge in [-0.15, -0.1) is 11.8 Å². The third kappa shape index (κ3) is 5.53. The molecule has 0 aliphatic heterocycles. The number of ether oxygens (including phenoxy) is 1. The predicted molar refractivity (Wildman–Crippen MR) is 70.3 cm³/mol. The Kier molecular flexibility index (Phi) is 6.78. The molecule has 2 N–H and O–H groups in total. The summed E-state index contributed by atoms with van der Waals surface area (Å²) in [5.41, 5.74) is 0.853. The molecule has 18 heavy (non-hydrogen) atoms. The third-order valence-corrected chi connectivity index (χ3v) is 3.41. The standard InChI is InChI=1S/C13H18O4S/c1-2-17-13(16)7-11(15)9-18-12-5-3-10(8-14)4-6-12/h3-6,11,14-15H,2,7-9H2,1H3. The molecular weight excluding hydrogens is 252 g/mol. The zero-order chi connectivity index (χ0) is 13.4. The molecule has 100 valence electrons. The minimum Gasteiger partial charge on any atom is -0.466 e. The lowest BCUT2D eigenvalue weighted by molar-refractivity contribution is -0.144. The van der Waals surface area contributed by atoms with Crippen molar-refractivity contribution in [2.45, 2.75) is 31.0 Å². The molecule has 4 nitrogen and oxygen atoms in total. The van der Waals surface area contributed by atoms with E-state index in [1.807, 2.05) is 24.3 Å². The van der Waals surface area contributed by atoms with E-state index in [0.29, 0.717) is 12.4 Å². The van der Waals surface area contributed by atoms with Gasteiger partial charge >= 0.3 is 5.97 Å². The van der Waals surface area contributed by atoms with Crippen LogP contribution in [0, 0.1) is 0 Å². The molecule has 0 radical (unpaired) electrons. The fourth-order valence-corrected chi connectivity index (χ4v) is 2.19. The lowest BCUT2D eigenvalue weighted by Crippen LogP contribution is -2.17. The summed E-state index contributed by atoms with van der Waals surface area (Å²) >= 11 is 1.47. The monoisotopic (exact) mass is 270 g/mol. The molecule has 0 amide bonds. The van der Waals surface area contributed by atoms with Gasteiger partial charge in [0.1, 0.15) is 0 Å². The van der Waals surface area contributed by atoms with Crippen molar-refractivity contribution in [3.63, 3.8) is 0 Å². The van der Waals surface area contributed by atoms with E-state index in [-0.39, 0.29) is 19.0 Å². The highest BCUT2D eigenvalue weighted by atomic mass is 32.2. The quantitative estimate of drug-likeness (QED) is 0.582. The maximum atomic E-state index is 11.1. The van der Waals surface area contributed by atoms with Crippen LogP contribution in [0.15, 0.2) is 29.2 Å². The van der Waals surface area contributed by atoms with Gasteiger partial charge in [-0.05, 0) is 24.6 Å². The van der Waals surface area contributed by atoms with Crippen LogP contribution in [-0.2, 0) is 16.1 Å². The van der Waals surface area contributed by atoms with Crippen LogP contribution in [-0.4, -0.2) is 34.6 Å². The highest BCUT2D eigenvalue weighted by Crippen LogP contribution is 2.20. The molecule has 0 spiro atoms. The summed E-state index contributed by atoms with van der Waals surface area (Å²) < 4.78 is 4.76. The topological polar surface area (TPSA) is 66.8 Å². The van der Waals surface area contributed by atoms with E-state index in [1.54, 1.807) is 6.92 Å². The van der Waals surface area contributed by atoms with E-state index in [0.717, 1.165) is 10.5 Å². The smallest absolute Gasteiger partial charge is 0.308 e. The highest BCUT2D eigenvalue weighted by Gasteiger charge is 2.11. The summed E-state index contributed by atoms with van der Waals surface area (Å²) in [6.45, 7) is 2.10. The molecule has 0 saturated carbocycles. The summed E-state index contributed by atoms with van der Waals surface area (Å²) in [5, 5.41) is 18.5. The van der Waals surface area contributed by atoms with Crippen LogP contribution < -0.4 is 0 Å². The van der Waals surface area contributed by atoms with E-state index < -0.39 is 6.10 Å². The van der Waals surface area contributed by atoms with Gasteiger partial charge in [0, 0.05) is 10.6 Å². The summed E-state index contributed by atoms with van der Waals surface area (Å²) in [6.07, 6.45) is -0.679. The Morgan fingerprint density at radius 3 is 2.61 bits per heavy atom. The van der Waals surface area contributed by atoms with Gasteiger partial charge in [-0.25, -0.2) is 0 Å². The van der Waals surface area contributed by atoms with Crippen molar-refractivity contribution in [3.8, 4) is 0 Å².